The molecule has 1 heterocycles. The fourth-order valence-electron chi connectivity index (χ4n) is 2.24. The van der Waals surface area contributed by atoms with Crippen LogP contribution in [0.15, 0.2) is 44.0 Å². The molecule has 10 heteroatoms. The summed E-state index contributed by atoms with van der Waals surface area (Å²) in [6.45, 7) is 2.86. The van der Waals surface area contributed by atoms with Gasteiger partial charge in [0.25, 0.3) is 0 Å². The van der Waals surface area contributed by atoms with Crippen LogP contribution in [-0.2, 0) is 16.4 Å². The van der Waals surface area contributed by atoms with Gasteiger partial charge in [-0.3, -0.25) is 4.99 Å². The third-order valence-corrected chi connectivity index (χ3v) is 6.55. The summed E-state index contributed by atoms with van der Waals surface area (Å²) in [4.78, 5) is 10.9. The highest BCUT2D eigenvalue weighted by atomic mass is 127. The van der Waals surface area contributed by atoms with Crippen molar-refractivity contribution in [2.45, 2.75) is 18.4 Å². The van der Waals surface area contributed by atoms with E-state index in [-0.39, 0.29) is 36.3 Å². The lowest BCUT2D eigenvalue weighted by Crippen LogP contribution is -2.40. The Morgan fingerprint density at radius 3 is 2.54 bits per heavy atom. The van der Waals surface area contributed by atoms with E-state index in [4.69, 9.17) is 0 Å². The van der Waals surface area contributed by atoms with Crippen LogP contribution >= 0.6 is 51.2 Å². The largest absolute Gasteiger partial charge is 0.355 e. The normalized spacial score (nSPS) is 11.8. The first-order chi connectivity index (χ1) is 11.8. The van der Waals surface area contributed by atoms with E-state index in [0.717, 1.165) is 15.2 Å². The van der Waals surface area contributed by atoms with Crippen LogP contribution in [0.25, 0.3) is 0 Å². The molecule has 1 N–H and O–H groups in total. The summed E-state index contributed by atoms with van der Waals surface area (Å²) in [6, 6.07) is 6.65. The standard InChI is InChI=1S/C16H21BrN4O2S2.HI/c1-12-20-14(11-24-12)10-21(3)16(18-2)19-8-9-25(22,23)15-6-4-13(17)5-7-15;/h4-7,11H,8-10H2,1-3H3,(H,18,19);1H. The van der Waals surface area contributed by atoms with Gasteiger partial charge in [0.1, 0.15) is 0 Å². The molecule has 0 aliphatic rings. The monoisotopic (exact) mass is 572 g/mol. The van der Waals surface area contributed by atoms with E-state index in [9.17, 15) is 8.42 Å². The molecule has 0 amide bonds. The minimum Gasteiger partial charge on any atom is -0.355 e. The molecular formula is C16H22BrIN4O2S2. The highest BCUT2D eigenvalue weighted by Crippen LogP contribution is 2.15. The number of nitrogens with zero attached hydrogens (tertiary/aromatic N) is 3. The van der Waals surface area contributed by atoms with Crippen molar-refractivity contribution >= 4 is 67.0 Å². The first kappa shape index (κ1) is 23.3. The van der Waals surface area contributed by atoms with Crippen molar-refractivity contribution in [1.29, 1.82) is 0 Å². The Morgan fingerprint density at radius 2 is 2.00 bits per heavy atom. The smallest absolute Gasteiger partial charge is 0.193 e. The van der Waals surface area contributed by atoms with Crippen LogP contribution in [-0.4, -0.2) is 50.7 Å². The predicted molar refractivity (Wildman–Crippen MR) is 121 cm³/mol. The number of nitrogens with one attached hydrogen (secondary N) is 1. The van der Waals surface area contributed by atoms with Crippen LogP contribution in [0, 0.1) is 6.92 Å². The van der Waals surface area contributed by atoms with Crippen molar-refractivity contribution in [1.82, 2.24) is 15.2 Å². The van der Waals surface area contributed by atoms with Gasteiger partial charge in [-0.2, -0.15) is 0 Å². The molecule has 0 unspecified atom stereocenters. The molecule has 0 bridgehead atoms. The van der Waals surface area contributed by atoms with Crippen molar-refractivity contribution in [3.05, 3.63) is 44.8 Å². The van der Waals surface area contributed by atoms with Crippen molar-refractivity contribution in [3.8, 4) is 0 Å². The Kier molecular flexibility index (Phi) is 9.48. The molecule has 0 radical (unpaired) electrons. The third-order valence-electron chi connectivity index (χ3n) is 3.47. The van der Waals surface area contributed by atoms with E-state index in [1.807, 2.05) is 24.3 Å². The molecule has 6 nitrogen and oxygen atoms in total. The second kappa shape index (κ2) is 10.6. The summed E-state index contributed by atoms with van der Waals surface area (Å²) in [5.74, 6) is 0.633. The second-order valence-corrected chi connectivity index (χ2v) is 9.55. The van der Waals surface area contributed by atoms with Crippen LogP contribution in [0.2, 0.25) is 0 Å². The Bertz CT molecular complexity index is 838. The molecule has 0 saturated carbocycles. The SMILES string of the molecule is CN=C(NCCS(=O)(=O)c1ccc(Br)cc1)N(C)Cc1csc(C)n1.I. The van der Waals surface area contributed by atoms with Gasteiger partial charge in [0.2, 0.25) is 0 Å². The maximum atomic E-state index is 12.4. The Labute approximate surface area is 184 Å². The summed E-state index contributed by atoms with van der Waals surface area (Å²) in [5, 5.41) is 6.13. The molecule has 0 fully saturated rings. The minimum absolute atomic E-state index is 0. The van der Waals surface area contributed by atoms with Crippen molar-refractivity contribution < 1.29 is 8.42 Å². The van der Waals surface area contributed by atoms with Crippen molar-refractivity contribution in [2.24, 2.45) is 4.99 Å². The zero-order chi connectivity index (χ0) is 18.4. The maximum absolute atomic E-state index is 12.4. The molecule has 1 aromatic carbocycles. The van der Waals surface area contributed by atoms with Gasteiger partial charge in [-0.15, -0.1) is 35.3 Å². The van der Waals surface area contributed by atoms with Crippen LogP contribution < -0.4 is 5.32 Å². The molecule has 2 aromatic rings. The van der Waals surface area contributed by atoms with E-state index in [2.05, 4.69) is 31.2 Å². The predicted octanol–water partition coefficient (Wildman–Crippen LogP) is 3.31. The lowest BCUT2D eigenvalue weighted by molar-refractivity contribution is 0.472. The second-order valence-electron chi connectivity index (χ2n) is 5.46. The van der Waals surface area contributed by atoms with Gasteiger partial charge in [-0.25, -0.2) is 13.4 Å². The molecule has 0 aliphatic carbocycles. The fourth-order valence-corrected chi connectivity index (χ4v) is 4.27. The summed E-state index contributed by atoms with van der Waals surface area (Å²) in [6.07, 6.45) is 0. The molecular weight excluding hydrogens is 551 g/mol. The Balaban J connectivity index is 0.00000338. The Morgan fingerprint density at radius 1 is 1.35 bits per heavy atom. The number of hydrogen-bond donors (Lipinski definition) is 1. The molecule has 0 atom stereocenters. The van der Waals surface area contributed by atoms with Crippen LogP contribution in [0.3, 0.4) is 0 Å². The fraction of sp³-hybridized carbons (Fsp3) is 0.375. The highest BCUT2D eigenvalue weighted by Gasteiger charge is 2.15. The van der Waals surface area contributed by atoms with E-state index in [1.165, 1.54) is 0 Å². The molecule has 0 saturated heterocycles. The number of aromatic nitrogens is 1. The molecule has 2 rings (SSSR count). The summed E-state index contributed by atoms with van der Waals surface area (Å²) in [5.41, 5.74) is 0.968. The van der Waals surface area contributed by atoms with E-state index in [1.54, 1.807) is 42.6 Å². The summed E-state index contributed by atoms with van der Waals surface area (Å²) < 4.78 is 25.6. The molecule has 1 aromatic heterocycles. The maximum Gasteiger partial charge on any atom is 0.193 e. The minimum atomic E-state index is -3.33. The third kappa shape index (κ3) is 6.78. The molecule has 26 heavy (non-hydrogen) atoms. The number of benzene rings is 1. The van der Waals surface area contributed by atoms with E-state index < -0.39 is 9.84 Å². The van der Waals surface area contributed by atoms with Gasteiger partial charge in [0.15, 0.2) is 15.8 Å². The van der Waals surface area contributed by atoms with Gasteiger partial charge in [0, 0.05) is 30.5 Å². The van der Waals surface area contributed by atoms with E-state index in [0.29, 0.717) is 17.4 Å². The number of rotatable bonds is 6. The molecule has 0 aliphatic heterocycles. The van der Waals surface area contributed by atoms with Gasteiger partial charge >= 0.3 is 0 Å². The highest BCUT2D eigenvalue weighted by molar-refractivity contribution is 14.0. The number of guanidine groups is 1. The van der Waals surface area contributed by atoms with Gasteiger partial charge < -0.3 is 10.2 Å². The first-order valence-corrected chi connectivity index (χ1v) is 11.0. The van der Waals surface area contributed by atoms with Gasteiger partial charge in [-0.05, 0) is 31.2 Å². The summed E-state index contributed by atoms with van der Waals surface area (Å²) >= 11 is 4.91. The topological polar surface area (TPSA) is 74.7 Å². The van der Waals surface area contributed by atoms with Crippen molar-refractivity contribution in [3.63, 3.8) is 0 Å². The van der Waals surface area contributed by atoms with Crippen LogP contribution in [0.4, 0.5) is 0 Å². The van der Waals surface area contributed by atoms with E-state index >= 15 is 0 Å². The number of aliphatic imine (C=N–C) groups is 1. The van der Waals surface area contributed by atoms with Crippen molar-refractivity contribution in [2.75, 3.05) is 26.4 Å². The molecule has 144 valence electrons. The number of sulfone groups is 1. The van der Waals surface area contributed by atoms with Crippen LogP contribution in [0.5, 0.6) is 0 Å². The molecule has 0 spiro atoms. The van der Waals surface area contributed by atoms with Gasteiger partial charge in [-0.1, -0.05) is 15.9 Å². The zero-order valence-corrected chi connectivity index (χ0v) is 20.3. The average molecular weight is 573 g/mol. The number of halogens is 2. The summed E-state index contributed by atoms with van der Waals surface area (Å²) in [7, 11) is 0.241. The average Bonchev–Trinajstić information content (AvgIpc) is 2.96. The lowest BCUT2D eigenvalue weighted by atomic mass is 10.4. The van der Waals surface area contributed by atoms with Crippen LogP contribution in [0.1, 0.15) is 10.7 Å². The quantitative estimate of drug-likeness (QED) is 0.326. The number of hydrogen-bond acceptors (Lipinski definition) is 5. The number of thiazole rings is 1. The zero-order valence-electron chi connectivity index (χ0n) is 14.8. The number of aryl methyl sites for hydroxylation is 1. The lowest BCUT2D eigenvalue weighted by Gasteiger charge is -2.21. The van der Waals surface area contributed by atoms with Gasteiger partial charge in [0.05, 0.1) is 27.9 Å². The Hall–Kier alpha value is -0.720. The first-order valence-electron chi connectivity index (χ1n) is 7.63.